The summed E-state index contributed by atoms with van der Waals surface area (Å²) in [6.45, 7) is 4.49. The number of hydrogen-bond acceptors (Lipinski definition) is 2. The third-order valence-electron chi connectivity index (χ3n) is 4.28. The number of rotatable bonds is 6. The van der Waals surface area contributed by atoms with E-state index in [2.05, 4.69) is 31.6 Å². The summed E-state index contributed by atoms with van der Waals surface area (Å²) >= 11 is 0. The Morgan fingerprint density at radius 3 is 2.35 bits per heavy atom. The molecular weight excluding hydrogens is 320 g/mol. The van der Waals surface area contributed by atoms with Gasteiger partial charge in [-0.2, -0.15) is 0 Å². The zero-order valence-electron chi connectivity index (χ0n) is 15.4. The lowest BCUT2D eigenvalue weighted by Gasteiger charge is -2.05. The first-order chi connectivity index (χ1) is 12.6. The van der Waals surface area contributed by atoms with Gasteiger partial charge in [-0.05, 0) is 67.3 Å². The molecule has 0 radical (unpaired) electrons. The second kappa shape index (κ2) is 10.1. The van der Waals surface area contributed by atoms with E-state index < -0.39 is 5.97 Å². The summed E-state index contributed by atoms with van der Waals surface area (Å²) in [5.41, 5.74) is 2.15. The fraction of sp³-hybridized carbons (Fsp3) is 0.292. The van der Waals surface area contributed by atoms with Crippen molar-refractivity contribution in [2.24, 2.45) is 5.92 Å². The number of terminal acetylenes is 1. The van der Waals surface area contributed by atoms with Gasteiger partial charge in [-0.25, -0.2) is 4.79 Å². The lowest BCUT2D eigenvalue weighted by molar-refractivity contribution is 0.0735. The maximum atomic E-state index is 12.2. The van der Waals surface area contributed by atoms with Gasteiger partial charge in [0.15, 0.2) is 0 Å². The highest BCUT2D eigenvalue weighted by molar-refractivity contribution is 5.91. The van der Waals surface area contributed by atoms with Crippen molar-refractivity contribution in [3.05, 3.63) is 65.2 Å². The van der Waals surface area contributed by atoms with Gasteiger partial charge in [-0.15, -0.1) is 6.42 Å². The fourth-order valence-corrected chi connectivity index (χ4v) is 2.38. The predicted octanol–water partition coefficient (Wildman–Crippen LogP) is 5.46. The van der Waals surface area contributed by atoms with Crippen LogP contribution >= 0.6 is 0 Å². The standard InChI is InChI=1S/C24H24O2/c1-4-19(3)9-7-6-8-10-21-11-15-22(16-12-21)24(25)26-23-17-13-20(5-2)14-18-23/h2,11-19H,4,6-7,9H2,1,3H3/t19-/m0/s1. The van der Waals surface area contributed by atoms with Crippen molar-refractivity contribution in [3.8, 4) is 29.9 Å². The summed E-state index contributed by atoms with van der Waals surface area (Å²) in [6.07, 6.45) is 9.78. The molecule has 0 heterocycles. The van der Waals surface area contributed by atoms with E-state index in [9.17, 15) is 4.79 Å². The molecule has 0 spiro atoms. The van der Waals surface area contributed by atoms with Crippen LogP contribution in [0.4, 0.5) is 0 Å². The average molecular weight is 344 g/mol. The van der Waals surface area contributed by atoms with Crippen molar-refractivity contribution in [1.29, 1.82) is 0 Å². The Kier molecular flexibility index (Phi) is 7.53. The van der Waals surface area contributed by atoms with E-state index in [-0.39, 0.29) is 0 Å². The van der Waals surface area contributed by atoms with Gasteiger partial charge >= 0.3 is 5.97 Å². The van der Waals surface area contributed by atoms with Crippen LogP contribution in [-0.4, -0.2) is 5.97 Å². The fourth-order valence-electron chi connectivity index (χ4n) is 2.38. The summed E-state index contributed by atoms with van der Waals surface area (Å²) in [5.74, 6) is 9.71. The summed E-state index contributed by atoms with van der Waals surface area (Å²) in [5, 5.41) is 0. The number of ether oxygens (including phenoxy) is 1. The molecule has 0 unspecified atom stereocenters. The number of esters is 1. The molecule has 0 saturated heterocycles. The van der Waals surface area contributed by atoms with Gasteiger partial charge in [-0.3, -0.25) is 0 Å². The molecule has 0 aliphatic carbocycles. The minimum absolute atomic E-state index is 0.397. The number of benzene rings is 2. The third-order valence-corrected chi connectivity index (χ3v) is 4.28. The number of carbonyl (C=O) groups is 1. The largest absolute Gasteiger partial charge is 0.423 e. The van der Waals surface area contributed by atoms with Crippen molar-refractivity contribution >= 4 is 5.97 Å². The van der Waals surface area contributed by atoms with E-state index in [0.29, 0.717) is 11.3 Å². The van der Waals surface area contributed by atoms with E-state index in [1.807, 2.05) is 12.1 Å². The van der Waals surface area contributed by atoms with Gasteiger partial charge in [-0.1, -0.05) is 38.0 Å². The second-order valence-electron chi connectivity index (χ2n) is 6.34. The van der Waals surface area contributed by atoms with E-state index >= 15 is 0 Å². The summed E-state index contributed by atoms with van der Waals surface area (Å²) in [7, 11) is 0. The third kappa shape index (κ3) is 6.15. The second-order valence-corrected chi connectivity index (χ2v) is 6.34. The summed E-state index contributed by atoms with van der Waals surface area (Å²) in [6, 6.07) is 14.0. The molecule has 2 aromatic rings. The number of unbranched alkanes of at least 4 members (excludes halogenated alkanes) is 1. The molecule has 0 saturated carbocycles. The van der Waals surface area contributed by atoms with Crippen LogP contribution < -0.4 is 4.74 Å². The SMILES string of the molecule is C#Cc1ccc(OC(=O)c2ccc(C#CCCC[C@@H](C)CC)cc2)cc1. The molecule has 1 atom stereocenters. The van der Waals surface area contributed by atoms with Crippen molar-refractivity contribution in [2.45, 2.75) is 39.5 Å². The van der Waals surface area contributed by atoms with E-state index in [0.717, 1.165) is 29.9 Å². The smallest absolute Gasteiger partial charge is 0.343 e. The normalized spacial score (nSPS) is 11.0. The van der Waals surface area contributed by atoms with E-state index in [4.69, 9.17) is 11.2 Å². The highest BCUT2D eigenvalue weighted by Gasteiger charge is 2.08. The Hall–Kier alpha value is -2.97. The first-order valence-corrected chi connectivity index (χ1v) is 9.00. The van der Waals surface area contributed by atoms with Crippen molar-refractivity contribution in [3.63, 3.8) is 0 Å². The predicted molar refractivity (Wildman–Crippen MR) is 106 cm³/mol. The molecule has 2 heteroatoms. The highest BCUT2D eigenvalue weighted by Crippen LogP contribution is 2.14. The van der Waals surface area contributed by atoms with Gasteiger partial charge in [0, 0.05) is 17.5 Å². The average Bonchev–Trinajstić information content (AvgIpc) is 2.68. The van der Waals surface area contributed by atoms with Crippen LogP contribution in [0, 0.1) is 30.1 Å². The molecule has 2 nitrogen and oxygen atoms in total. The molecule has 0 amide bonds. The van der Waals surface area contributed by atoms with Gasteiger partial charge in [0.1, 0.15) is 5.75 Å². The molecular formula is C24H24O2. The lowest BCUT2D eigenvalue weighted by Crippen LogP contribution is -2.08. The Balaban J connectivity index is 1.88. The number of hydrogen-bond donors (Lipinski definition) is 0. The van der Waals surface area contributed by atoms with Gasteiger partial charge in [0.05, 0.1) is 5.56 Å². The molecule has 2 rings (SSSR count). The Morgan fingerprint density at radius 1 is 1.08 bits per heavy atom. The van der Waals surface area contributed by atoms with Crippen LogP contribution in [0.2, 0.25) is 0 Å². The molecule has 2 aromatic carbocycles. The van der Waals surface area contributed by atoms with Gasteiger partial charge in [0.2, 0.25) is 0 Å². The zero-order valence-corrected chi connectivity index (χ0v) is 15.4. The maximum Gasteiger partial charge on any atom is 0.343 e. The summed E-state index contributed by atoms with van der Waals surface area (Å²) < 4.78 is 5.34. The van der Waals surface area contributed by atoms with Crippen molar-refractivity contribution in [1.82, 2.24) is 0 Å². The quantitative estimate of drug-likeness (QED) is 0.301. The zero-order chi connectivity index (χ0) is 18.8. The maximum absolute atomic E-state index is 12.2. The molecule has 0 N–H and O–H groups in total. The molecule has 0 aromatic heterocycles. The van der Waals surface area contributed by atoms with Gasteiger partial charge < -0.3 is 4.74 Å². The van der Waals surface area contributed by atoms with E-state index in [1.165, 1.54) is 12.8 Å². The molecule has 0 aliphatic heterocycles. The summed E-state index contributed by atoms with van der Waals surface area (Å²) in [4.78, 5) is 12.2. The highest BCUT2D eigenvalue weighted by atomic mass is 16.5. The topological polar surface area (TPSA) is 26.3 Å². The monoisotopic (exact) mass is 344 g/mol. The minimum atomic E-state index is -0.397. The first-order valence-electron chi connectivity index (χ1n) is 9.00. The molecule has 26 heavy (non-hydrogen) atoms. The van der Waals surface area contributed by atoms with Crippen LogP contribution in [0.15, 0.2) is 48.5 Å². The lowest BCUT2D eigenvalue weighted by atomic mass is 10.0. The molecule has 0 bridgehead atoms. The molecule has 0 fully saturated rings. The van der Waals surface area contributed by atoms with Crippen molar-refractivity contribution in [2.75, 3.05) is 0 Å². The van der Waals surface area contributed by atoms with Gasteiger partial charge in [0.25, 0.3) is 0 Å². The first kappa shape index (κ1) is 19.4. The minimum Gasteiger partial charge on any atom is -0.423 e. The Morgan fingerprint density at radius 2 is 1.73 bits per heavy atom. The van der Waals surface area contributed by atoms with Crippen LogP contribution in [0.25, 0.3) is 0 Å². The molecule has 132 valence electrons. The van der Waals surface area contributed by atoms with Crippen LogP contribution in [0.5, 0.6) is 5.75 Å². The Labute approximate surface area is 156 Å². The van der Waals surface area contributed by atoms with Crippen molar-refractivity contribution < 1.29 is 9.53 Å². The van der Waals surface area contributed by atoms with E-state index in [1.54, 1.807) is 36.4 Å². The number of carbonyl (C=O) groups excluding carboxylic acids is 1. The van der Waals surface area contributed by atoms with Crippen LogP contribution in [-0.2, 0) is 0 Å². The van der Waals surface area contributed by atoms with Crippen LogP contribution in [0.3, 0.4) is 0 Å². The van der Waals surface area contributed by atoms with Crippen LogP contribution in [0.1, 0.15) is 61.0 Å². The Bertz CT molecular complexity index is 812. The molecule has 0 aliphatic rings.